The van der Waals surface area contributed by atoms with Gasteiger partial charge < -0.3 is 15.1 Å². The minimum absolute atomic E-state index is 0.100. The molecule has 104 valence electrons. The molecule has 0 aliphatic carbocycles. The lowest BCUT2D eigenvalue weighted by Gasteiger charge is -2.19. The number of aromatic nitrogens is 1. The number of benzene rings is 1. The Balaban J connectivity index is 1.53. The third-order valence-corrected chi connectivity index (χ3v) is 4.40. The third kappa shape index (κ3) is 1.89. The summed E-state index contributed by atoms with van der Waals surface area (Å²) in [6.07, 6.45) is 3.28. The molecule has 5 nitrogen and oxygen atoms in total. The molecule has 2 fully saturated rings. The maximum atomic E-state index is 12.4. The first kappa shape index (κ1) is 11.9. The number of anilines is 1. The van der Waals surface area contributed by atoms with E-state index < -0.39 is 0 Å². The highest BCUT2D eigenvalue weighted by molar-refractivity contribution is 5.95. The molecule has 2 N–H and O–H groups in total. The molecule has 20 heavy (non-hydrogen) atoms. The number of rotatable bonds is 2. The molecular weight excluding hydrogens is 254 g/mol. The molecule has 3 atom stereocenters. The largest absolute Gasteiger partial charge is 0.441 e. The lowest BCUT2D eigenvalue weighted by Crippen LogP contribution is -2.32. The van der Waals surface area contributed by atoms with Gasteiger partial charge in [0.2, 0.25) is 5.91 Å². The molecule has 5 heteroatoms. The van der Waals surface area contributed by atoms with Gasteiger partial charge in [-0.15, -0.1) is 0 Å². The summed E-state index contributed by atoms with van der Waals surface area (Å²) in [6, 6.07) is 6.48. The fourth-order valence-corrected chi connectivity index (χ4v) is 3.47. The maximum Gasteiger partial charge on any atom is 0.229 e. The summed E-state index contributed by atoms with van der Waals surface area (Å²) in [4.78, 5) is 16.6. The molecule has 2 saturated heterocycles. The van der Waals surface area contributed by atoms with E-state index in [-0.39, 0.29) is 11.8 Å². The highest BCUT2D eigenvalue weighted by Gasteiger charge is 2.42. The van der Waals surface area contributed by atoms with Gasteiger partial charge in [-0.2, -0.15) is 0 Å². The molecule has 2 aromatic rings. The number of hydrogen-bond donors (Lipinski definition) is 2. The van der Waals surface area contributed by atoms with E-state index in [9.17, 15) is 4.79 Å². The fraction of sp³-hybridized carbons (Fsp3) is 0.467. The van der Waals surface area contributed by atoms with E-state index in [0.717, 1.165) is 29.6 Å². The molecule has 0 saturated carbocycles. The van der Waals surface area contributed by atoms with Gasteiger partial charge in [0.1, 0.15) is 5.52 Å². The highest BCUT2D eigenvalue weighted by atomic mass is 16.3. The quantitative estimate of drug-likeness (QED) is 0.879. The SMILES string of the molecule is Cc1nc2cc(NC(=O)C3CC4CCC3N4)ccc2o1. The molecule has 3 unspecified atom stereocenters. The minimum atomic E-state index is 0.100. The lowest BCUT2D eigenvalue weighted by atomic mass is 9.88. The van der Waals surface area contributed by atoms with Crippen LogP contribution < -0.4 is 10.6 Å². The van der Waals surface area contributed by atoms with Crippen molar-refractivity contribution >= 4 is 22.7 Å². The summed E-state index contributed by atoms with van der Waals surface area (Å²) in [5.74, 6) is 0.855. The third-order valence-electron chi connectivity index (χ3n) is 4.40. The molecule has 1 aromatic heterocycles. The average Bonchev–Trinajstić information content (AvgIpc) is 3.11. The van der Waals surface area contributed by atoms with Crippen molar-refractivity contribution in [1.82, 2.24) is 10.3 Å². The van der Waals surface area contributed by atoms with Crippen LogP contribution in [0.25, 0.3) is 11.1 Å². The Kier molecular flexibility index (Phi) is 2.57. The van der Waals surface area contributed by atoms with E-state index in [1.54, 1.807) is 0 Å². The van der Waals surface area contributed by atoms with Crippen LogP contribution in [0.5, 0.6) is 0 Å². The molecule has 1 aromatic carbocycles. The van der Waals surface area contributed by atoms with Crippen LogP contribution in [0.4, 0.5) is 5.69 Å². The number of carbonyl (C=O) groups excluding carboxylic acids is 1. The molecule has 4 rings (SSSR count). The van der Waals surface area contributed by atoms with Gasteiger partial charge in [-0.05, 0) is 37.5 Å². The molecule has 1 amide bonds. The Morgan fingerprint density at radius 3 is 3.10 bits per heavy atom. The van der Waals surface area contributed by atoms with Crippen LogP contribution in [0.2, 0.25) is 0 Å². The van der Waals surface area contributed by atoms with Crippen molar-refractivity contribution in [3.05, 3.63) is 24.1 Å². The first-order valence-electron chi connectivity index (χ1n) is 7.13. The zero-order valence-electron chi connectivity index (χ0n) is 11.3. The van der Waals surface area contributed by atoms with Gasteiger partial charge in [-0.1, -0.05) is 0 Å². The average molecular weight is 271 g/mol. The number of amides is 1. The minimum Gasteiger partial charge on any atom is -0.441 e. The normalized spacial score (nSPS) is 28.1. The second-order valence-corrected chi connectivity index (χ2v) is 5.79. The van der Waals surface area contributed by atoms with Gasteiger partial charge in [0.25, 0.3) is 0 Å². The number of nitrogens with one attached hydrogen (secondary N) is 2. The molecule has 0 radical (unpaired) electrons. The van der Waals surface area contributed by atoms with E-state index in [4.69, 9.17) is 4.42 Å². The van der Waals surface area contributed by atoms with E-state index in [2.05, 4.69) is 15.6 Å². The number of oxazole rings is 1. The smallest absolute Gasteiger partial charge is 0.229 e. The van der Waals surface area contributed by atoms with Crippen LogP contribution in [0, 0.1) is 12.8 Å². The standard InChI is InChI=1S/C15H17N3O2/c1-8-16-13-7-10(3-5-14(13)20-8)18-15(19)11-6-9-2-4-12(11)17-9/h3,5,7,9,11-12,17H,2,4,6H2,1H3,(H,18,19). The van der Waals surface area contributed by atoms with Crippen LogP contribution in [0.15, 0.2) is 22.6 Å². The Morgan fingerprint density at radius 1 is 1.45 bits per heavy atom. The van der Waals surface area contributed by atoms with Crippen molar-refractivity contribution < 1.29 is 9.21 Å². The second kappa shape index (κ2) is 4.31. The molecule has 2 bridgehead atoms. The number of fused-ring (bicyclic) bond motifs is 3. The highest BCUT2D eigenvalue weighted by Crippen LogP contribution is 2.34. The van der Waals surface area contributed by atoms with Gasteiger partial charge >= 0.3 is 0 Å². The number of nitrogens with zero attached hydrogens (tertiary/aromatic N) is 1. The van der Waals surface area contributed by atoms with Crippen LogP contribution in [-0.2, 0) is 4.79 Å². The lowest BCUT2D eigenvalue weighted by molar-refractivity contribution is -0.120. The van der Waals surface area contributed by atoms with Crippen LogP contribution in [0.3, 0.4) is 0 Å². The summed E-state index contributed by atoms with van der Waals surface area (Å²) in [5.41, 5.74) is 2.33. The Labute approximate surface area is 116 Å². The second-order valence-electron chi connectivity index (χ2n) is 5.79. The fourth-order valence-electron chi connectivity index (χ4n) is 3.47. The number of hydrogen-bond acceptors (Lipinski definition) is 4. The van der Waals surface area contributed by atoms with Gasteiger partial charge in [0, 0.05) is 24.7 Å². The van der Waals surface area contributed by atoms with E-state index >= 15 is 0 Å². The van der Waals surface area contributed by atoms with Crippen LogP contribution in [-0.4, -0.2) is 23.0 Å². The van der Waals surface area contributed by atoms with E-state index in [0.29, 0.717) is 18.0 Å². The van der Waals surface area contributed by atoms with Crippen molar-refractivity contribution in [1.29, 1.82) is 0 Å². The Morgan fingerprint density at radius 2 is 2.35 bits per heavy atom. The monoisotopic (exact) mass is 271 g/mol. The molecule has 2 aliphatic heterocycles. The summed E-state index contributed by atoms with van der Waals surface area (Å²) < 4.78 is 5.43. The Bertz CT molecular complexity index is 679. The predicted octanol–water partition coefficient (Wildman–Crippen LogP) is 2.22. The molecule has 3 heterocycles. The topological polar surface area (TPSA) is 67.2 Å². The first-order chi connectivity index (χ1) is 9.69. The van der Waals surface area contributed by atoms with Crippen molar-refractivity contribution in [2.75, 3.05) is 5.32 Å². The van der Waals surface area contributed by atoms with E-state index in [1.165, 1.54) is 6.42 Å². The molecule has 0 spiro atoms. The van der Waals surface area contributed by atoms with Gasteiger partial charge in [-0.3, -0.25) is 4.79 Å². The van der Waals surface area contributed by atoms with Crippen molar-refractivity contribution in [2.45, 2.75) is 38.3 Å². The summed E-state index contributed by atoms with van der Waals surface area (Å²) in [6.45, 7) is 1.82. The zero-order chi connectivity index (χ0) is 13.7. The summed E-state index contributed by atoms with van der Waals surface area (Å²) >= 11 is 0. The van der Waals surface area contributed by atoms with Crippen LogP contribution >= 0.6 is 0 Å². The molecule has 2 aliphatic rings. The summed E-state index contributed by atoms with van der Waals surface area (Å²) in [7, 11) is 0. The number of aryl methyl sites for hydroxylation is 1. The first-order valence-corrected chi connectivity index (χ1v) is 7.13. The van der Waals surface area contributed by atoms with Gasteiger partial charge in [-0.25, -0.2) is 4.98 Å². The predicted molar refractivity (Wildman–Crippen MR) is 75.4 cm³/mol. The van der Waals surface area contributed by atoms with Gasteiger partial charge in [0.05, 0.1) is 5.92 Å². The van der Waals surface area contributed by atoms with Crippen molar-refractivity contribution in [3.8, 4) is 0 Å². The van der Waals surface area contributed by atoms with Gasteiger partial charge in [0.15, 0.2) is 11.5 Å². The Hall–Kier alpha value is -1.88. The molecular formula is C15H17N3O2. The van der Waals surface area contributed by atoms with Crippen molar-refractivity contribution in [3.63, 3.8) is 0 Å². The maximum absolute atomic E-state index is 12.4. The van der Waals surface area contributed by atoms with Crippen molar-refractivity contribution in [2.24, 2.45) is 5.92 Å². The van der Waals surface area contributed by atoms with Crippen LogP contribution in [0.1, 0.15) is 25.2 Å². The number of carbonyl (C=O) groups is 1. The zero-order valence-corrected chi connectivity index (χ0v) is 11.3. The van der Waals surface area contributed by atoms with E-state index in [1.807, 2.05) is 25.1 Å². The summed E-state index contributed by atoms with van der Waals surface area (Å²) in [5, 5.41) is 6.50.